The number of rotatable bonds is 6. The first-order valence-corrected chi connectivity index (χ1v) is 9.33. The van der Waals surface area contributed by atoms with Gasteiger partial charge in [-0.25, -0.2) is 4.79 Å². The van der Waals surface area contributed by atoms with Gasteiger partial charge in [0.05, 0.1) is 11.3 Å². The summed E-state index contributed by atoms with van der Waals surface area (Å²) in [4.78, 5) is 38.0. The lowest BCUT2D eigenvalue weighted by Gasteiger charge is -2.11. The SMILES string of the molecule is Cc1ccc(C(=O)OCC(=O)Nc2ccccc2C(=O)Nc2ccccc2)s1. The van der Waals surface area contributed by atoms with Crippen molar-refractivity contribution < 1.29 is 19.1 Å². The van der Waals surface area contributed by atoms with Crippen LogP contribution in [0, 0.1) is 6.92 Å². The number of anilines is 2. The van der Waals surface area contributed by atoms with Crippen LogP contribution in [0.3, 0.4) is 0 Å². The molecule has 0 saturated heterocycles. The molecule has 1 heterocycles. The fraction of sp³-hybridized carbons (Fsp3) is 0.0952. The Morgan fingerprint density at radius 1 is 0.893 bits per heavy atom. The quantitative estimate of drug-likeness (QED) is 0.617. The number of carbonyl (C=O) groups is 3. The Kier molecular flexibility index (Phi) is 6.18. The van der Waals surface area contributed by atoms with Crippen LogP contribution >= 0.6 is 11.3 Å². The van der Waals surface area contributed by atoms with Crippen LogP contribution in [0.25, 0.3) is 0 Å². The van der Waals surface area contributed by atoms with Crippen molar-refractivity contribution in [2.24, 2.45) is 0 Å². The maximum absolute atomic E-state index is 12.5. The first-order valence-electron chi connectivity index (χ1n) is 8.52. The predicted octanol–water partition coefficient (Wildman–Crippen LogP) is 4.10. The van der Waals surface area contributed by atoms with Crippen molar-refractivity contribution in [2.45, 2.75) is 6.92 Å². The zero-order valence-corrected chi connectivity index (χ0v) is 15.9. The van der Waals surface area contributed by atoms with Crippen LogP contribution in [0.4, 0.5) is 11.4 Å². The maximum Gasteiger partial charge on any atom is 0.348 e. The van der Waals surface area contributed by atoms with Gasteiger partial charge in [-0.2, -0.15) is 0 Å². The smallest absolute Gasteiger partial charge is 0.348 e. The number of nitrogens with one attached hydrogen (secondary N) is 2. The second kappa shape index (κ2) is 8.96. The second-order valence-corrected chi connectivity index (χ2v) is 7.19. The molecule has 2 aromatic carbocycles. The molecule has 3 rings (SSSR count). The Labute approximate surface area is 166 Å². The lowest BCUT2D eigenvalue weighted by molar-refractivity contribution is -0.119. The molecule has 0 unspecified atom stereocenters. The molecular formula is C21H18N2O4S. The van der Waals surface area contributed by atoms with Gasteiger partial charge >= 0.3 is 5.97 Å². The van der Waals surface area contributed by atoms with E-state index in [9.17, 15) is 14.4 Å². The normalized spacial score (nSPS) is 10.2. The summed E-state index contributed by atoms with van der Waals surface area (Å²) < 4.78 is 5.03. The molecule has 0 bridgehead atoms. The molecule has 0 aliphatic heterocycles. The van der Waals surface area contributed by atoms with E-state index in [2.05, 4.69) is 10.6 Å². The van der Waals surface area contributed by atoms with Gasteiger partial charge in [-0.15, -0.1) is 11.3 Å². The van der Waals surface area contributed by atoms with Crippen LogP contribution in [0.2, 0.25) is 0 Å². The van der Waals surface area contributed by atoms with Gasteiger partial charge in [-0.05, 0) is 43.3 Å². The molecule has 0 radical (unpaired) electrons. The van der Waals surface area contributed by atoms with Crippen molar-refractivity contribution in [1.29, 1.82) is 0 Å². The molecule has 0 aliphatic carbocycles. The monoisotopic (exact) mass is 394 g/mol. The van der Waals surface area contributed by atoms with Crippen LogP contribution in [-0.2, 0) is 9.53 Å². The second-order valence-electron chi connectivity index (χ2n) is 5.90. The minimum Gasteiger partial charge on any atom is -0.451 e. The molecule has 0 fully saturated rings. The summed E-state index contributed by atoms with van der Waals surface area (Å²) in [6, 6.07) is 19.1. The zero-order valence-electron chi connectivity index (χ0n) is 15.1. The minimum absolute atomic E-state index is 0.305. The molecule has 0 aliphatic rings. The topological polar surface area (TPSA) is 84.5 Å². The largest absolute Gasteiger partial charge is 0.451 e. The molecule has 0 spiro atoms. The van der Waals surface area contributed by atoms with Crippen LogP contribution in [0.5, 0.6) is 0 Å². The molecule has 7 heteroatoms. The maximum atomic E-state index is 12.5. The highest BCUT2D eigenvalue weighted by Crippen LogP contribution is 2.18. The van der Waals surface area contributed by atoms with E-state index in [-0.39, 0.29) is 5.91 Å². The Hall–Kier alpha value is -3.45. The molecule has 0 saturated carbocycles. The number of ether oxygens (including phenoxy) is 1. The summed E-state index contributed by atoms with van der Waals surface area (Å²) in [5, 5.41) is 5.39. The van der Waals surface area contributed by atoms with Gasteiger partial charge in [0, 0.05) is 10.6 Å². The van der Waals surface area contributed by atoms with Gasteiger partial charge in [0.25, 0.3) is 11.8 Å². The zero-order chi connectivity index (χ0) is 19.9. The summed E-state index contributed by atoms with van der Waals surface area (Å²) in [6.07, 6.45) is 0. The van der Waals surface area contributed by atoms with Crippen molar-refractivity contribution >= 4 is 40.5 Å². The van der Waals surface area contributed by atoms with E-state index < -0.39 is 18.5 Å². The highest BCUT2D eigenvalue weighted by Gasteiger charge is 2.15. The van der Waals surface area contributed by atoms with E-state index in [4.69, 9.17) is 4.74 Å². The number of esters is 1. The van der Waals surface area contributed by atoms with Gasteiger partial charge in [-0.3, -0.25) is 9.59 Å². The van der Waals surface area contributed by atoms with Gasteiger partial charge in [0.15, 0.2) is 6.61 Å². The average molecular weight is 394 g/mol. The van der Waals surface area contributed by atoms with Gasteiger partial charge < -0.3 is 15.4 Å². The van der Waals surface area contributed by atoms with Crippen molar-refractivity contribution in [1.82, 2.24) is 0 Å². The first kappa shape index (κ1) is 19.3. The summed E-state index contributed by atoms with van der Waals surface area (Å²) >= 11 is 1.30. The summed E-state index contributed by atoms with van der Waals surface area (Å²) in [7, 11) is 0. The highest BCUT2D eigenvalue weighted by atomic mass is 32.1. The number of carbonyl (C=O) groups excluding carboxylic acids is 3. The molecule has 2 amide bonds. The fourth-order valence-electron chi connectivity index (χ4n) is 2.44. The third-order valence-electron chi connectivity index (χ3n) is 3.75. The molecule has 1 aromatic heterocycles. The lowest BCUT2D eigenvalue weighted by atomic mass is 10.1. The summed E-state index contributed by atoms with van der Waals surface area (Å²) in [5.74, 6) is -1.43. The Bertz CT molecular complexity index is 998. The average Bonchev–Trinajstić information content (AvgIpc) is 3.14. The minimum atomic E-state index is -0.552. The molecule has 3 aromatic rings. The van der Waals surface area contributed by atoms with Gasteiger partial charge in [0.2, 0.25) is 0 Å². The molecule has 6 nitrogen and oxygen atoms in total. The number of thiophene rings is 1. The van der Waals surface area contributed by atoms with Crippen molar-refractivity contribution in [3.05, 3.63) is 82.0 Å². The van der Waals surface area contributed by atoms with Crippen LogP contribution in [0.15, 0.2) is 66.7 Å². The Balaban J connectivity index is 1.61. The van der Waals surface area contributed by atoms with Crippen molar-refractivity contribution in [3.63, 3.8) is 0 Å². The first-order chi connectivity index (χ1) is 13.5. The molecule has 28 heavy (non-hydrogen) atoms. The van der Waals surface area contributed by atoms with Gasteiger partial charge in [0.1, 0.15) is 4.88 Å². The Morgan fingerprint density at radius 3 is 2.32 bits per heavy atom. The number of hydrogen-bond donors (Lipinski definition) is 2. The van der Waals surface area contributed by atoms with E-state index in [0.717, 1.165) is 4.88 Å². The standard InChI is InChI=1S/C21H18N2O4S/c1-14-11-12-18(28-14)21(26)27-13-19(24)23-17-10-6-5-9-16(17)20(25)22-15-7-3-2-4-8-15/h2-12H,13H2,1H3,(H,22,25)(H,23,24). The summed E-state index contributed by atoms with van der Waals surface area (Å²) in [5.41, 5.74) is 1.29. The number of para-hydroxylation sites is 2. The Morgan fingerprint density at radius 2 is 1.61 bits per heavy atom. The number of benzene rings is 2. The van der Waals surface area contributed by atoms with Crippen LogP contribution < -0.4 is 10.6 Å². The van der Waals surface area contributed by atoms with Crippen LogP contribution in [-0.4, -0.2) is 24.4 Å². The number of amides is 2. The number of hydrogen-bond acceptors (Lipinski definition) is 5. The van der Waals surface area contributed by atoms with E-state index in [1.165, 1.54) is 11.3 Å². The van der Waals surface area contributed by atoms with Crippen molar-refractivity contribution in [3.8, 4) is 0 Å². The van der Waals surface area contributed by atoms with E-state index >= 15 is 0 Å². The molecular weight excluding hydrogens is 376 g/mol. The molecule has 2 N–H and O–H groups in total. The predicted molar refractivity (Wildman–Crippen MR) is 109 cm³/mol. The van der Waals surface area contributed by atoms with Crippen LogP contribution in [0.1, 0.15) is 24.9 Å². The fourth-order valence-corrected chi connectivity index (χ4v) is 3.20. The third-order valence-corrected chi connectivity index (χ3v) is 4.73. The lowest BCUT2D eigenvalue weighted by Crippen LogP contribution is -2.23. The molecule has 0 atom stereocenters. The number of aryl methyl sites for hydroxylation is 1. The third kappa shape index (κ3) is 5.05. The summed E-state index contributed by atoms with van der Waals surface area (Å²) in [6.45, 7) is 1.44. The van der Waals surface area contributed by atoms with E-state index in [0.29, 0.717) is 21.8 Å². The van der Waals surface area contributed by atoms with E-state index in [1.807, 2.05) is 31.2 Å². The van der Waals surface area contributed by atoms with Crippen molar-refractivity contribution in [2.75, 3.05) is 17.2 Å². The highest BCUT2D eigenvalue weighted by molar-refractivity contribution is 7.13. The molecule has 142 valence electrons. The van der Waals surface area contributed by atoms with E-state index in [1.54, 1.807) is 42.5 Å². The van der Waals surface area contributed by atoms with Gasteiger partial charge in [-0.1, -0.05) is 30.3 Å².